The largest absolute Gasteiger partial charge is 0.480 e. The SMILES string of the molecule is CN(CCC(=O)Nc1ccc2c(=O)c3ccc(NC(=O)CCN(C)CC(=O)N[C@@H](Cc4ccccc4)C(=O)N[C@@H](CCCN=C(N)N)C(=O)O)cc3[nH]c2c1)CC(=O)N[C@@H](Cc1ccccc1)C(=O)N[C@@H](CCCN=C(N)N)C(=O)O. The van der Waals surface area contributed by atoms with Crippen molar-refractivity contribution in [1.82, 2.24) is 36.1 Å². The number of carboxylic acids is 2. The van der Waals surface area contributed by atoms with Gasteiger partial charge < -0.3 is 70.0 Å². The van der Waals surface area contributed by atoms with E-state index >= 15 is 0 Å². The molecule has 5 rings (SSSR count). The third kappa shape index (κ3) is 21.4. The van der Waals surface area contributed by atoms with Gasteiger partial charge in [-0.3, -0.25) is 53.3 Å². The second-order valence-electron chi connectivity index (χ2n) is 19.4. The second kappa shape index (κ2) is 31.2. The first kappa shape index (κ1) is 62.4. The maximum atomic E-state index is 13.6. The molecule has 0 aliphatic heterocycles. The van der Waals surface area contributed by atoms with Gasteiger partial charge in [-0.25, -0.2) is 9.59 Å². The van der Waals surface area contributed by atoms with Crippen LogP contribution in [0.5, 0.6) is 0 Å². The van der Waals surface area contributed by atoms with E-state index in [4.69, 9.17) is 22.9 Å². The number of carboxylic acid groups (broad SMARTS) is 2. The molecule has 4 atom stereocenters. The molecule has 432 valence electrons. The van der Waals surface area contributed by atoms with Crippen LogP contribution in [0.15, 0.2) is 112 Å². The van der Waals surface area contributed by atoms with Gasteiger partial charge in [-0.15, -0.1) is 0 Å². The average molecular weight is 1120 g/mol. The molecule has 0 saturated heterocycles. The predicted molar refractivity (Wildman–Crippen MR) is 307 cm³/mol. The summed E-state index contributed by atoms with van der Waals surface area (Å²) in [5.74, 6) is -6.04. The number of likely N-dealkylation sites (N-methyl/N-ethyl adjacent to an activating group) is 2. The number of H-pyrrole nitrogens is 1. The molecule has 0 unspecified atom stereocenters. The zero-order chi connectivity index (χ0) is 59.0. The predicted octanol–water partition coefficient (Wildman–Crippen LogP) is -0.0969. The van der Waals surface area contributed by atoms with E-state index < -0.39 is 71.5 Å². The van der Waals surface area contributed by atoms with Gasteiger partial charge >= 0.3 is 11.9 Å². The maximum absolute atomic E-state index is 13.6. The van der Waals surface area contributed by atoms with Gasteiger partial charge in [-0.2, -0.15) is 0 Å². The zero-order valence-corrected chi connectivity index (χ0v) is 45.1. The number of hydrogen-bond donors (Lipinski definition) is 13. The number of fused-ring (bicyclic) bond motifs is 2. The Morgan fingerprint density at radius 1 is 0.531 bits per heavy atom. The Labute approximate surface area is 466 Å². The smallest absolute Gasteiger partial charge is 0.326 e. The van der Waals surface area contributed by atoms with E-state index in [1.54, 1.807) is 121 Å². The van der Waals surface area contributed by atoms with Crippen LogP contribution >= 0.6 is 0 Å². The number of amides is 6. The van der Waals surface area contributed by atoms with Crippen LogP contribution in [0, 0.1) is 0 Å². The van der Waals surface area contributed by atoms with Crippen molar-refractivity contribution in [3.63, 3.8) is 0 Å². The quantitative estimate of drug-likeness (QED) is 0.0116. The number of aromatic amines is 1. The van der Waals surface area contributed by atoms with Gasteiger partial charge in [-0.1, -0.05) is 60.7 Å². The first-order valence-corrected chi connectivity index (χ1v) is 26.0. The summed E-state index contributed by atoms with van der Waals surface area (Å²) < 4.78 is 0. The molecule has 0 aliphatic rings. The van der Waals surface area contributed by atoms with Crippen molar-refractivity contribution in [2.75, 3.05) is 64.0 Å². The van der Waals surface area contributed by atoms with Crippen molar-refractivity contribution < 1.29 is 48.6 Å². The molecule has 0 bridgehead atoms. The van der Waals surface area contributed by atoms with Crippen molar-refractivity contribution >= 4 is 92.5 Å². The Morgan fingerprint density at radius 2 is 0.914 bits per heavy atom. The van der Waals surface area contributed by atoms with Crippen LogP contribution in [0.2, 0.25) is 0 Å². The summed E-state index contributed by atoms with van der Waals surface area (Å²) in [4.78, 5) is 131. The molecule has 1 aromatic heterocycles. The van der Waals surface area contributed by atoms with E-state index in [2.05, 4.69) is 46.9 Å². The maximum Gasteiger partial charge on any atom is 0.326 e. The van der Waals surface area contributed by atoms with Gasteiger partial charge in [0.15, 0.2) is 17.3 Å². The van der Waals surface area contributed by atoms with Gasteiger partial charge in [0.25, 0.3) is 0 Å². The number of nitrogens with two attached hydrogens (primary N) is 4. The lowest BCUT2D eigenvalue weighted by molar-refractivity contribution is -0.142. The van der Waals surface area contributed by atoms with Crippen LogP contribution in [-0.2, 0) is 51.2 Å². The fraction of sp³-hybridized carbons (Fsp3) is 0.364. The Hall–Kier alpha value is -9.43. The van der Waals surface area contributed by atoms with Crippen LogP contribution in [-0.4, -0.2) is 162 Å². The fourth-order valence-corrected chi connectivity index (χ4v) is 8.48. The highest BCUT2D eigenvalue weighted by molar-refractivity contribution is 5.99. The van der Waals surface area contributed by atoms with Crippen LogP contribution < -0.4 is 60.3 Å². The minimum atomic E-state index is -1.26. The molecule has 4 aromatic carbocycles. The Bertz CT molecular complexity index is 2930. The molecule has 26 heteroatoms. The van der Waals surface area contributed by atoms with Gasteiger partial charge in [0.1, 0.15) is 24.2 Å². The molecule has 0 spiro atoms. The summed E-state index contributed by atoms with van der Waals surface area (Å²) in [5.41, 5.74) is 24.1. The number of aliphatic imine (C=N–C) groups is 2. The summed E-state index contributed by atoms with van der Waals surface area (Å²) in [6.45, 7) is 0.223. The van der Waals surface area contributed by atoms with Crippen molar-refractivity contribution in [2.24, 2.45) is 32.9 Å². The number of hydrogen-bond acceptors (Lipinski definition) is 13. The second-order valence-corrected chi connectivity index (χ2v) is 19.4. The lowest BCUT2D eigenvalue weighted by Gasteiger charge is -2.23. The van der Waals surface area contributed by atoms with Crippen LogP contribution in [0.3, 0.4) is 0 Å². The number of nitrogens with one attached hydrogen (secondary N) is 7. The van der Waals surface area contributed by atoms with E-state index in [1.165, 1.54) is 0 Å². The highest BCUT2D eigenvalue weighted by Gasteiger charge is 2.29. The molecule has 0 saturated carbocycles. The highest BCUT2D eigenvalue weighted by atomic mass is 16.4. The molecule has 81 heavy (non-hydrogen) atoms. The molecule has 0 fully saturated rings. The minimum Gasteiger partial charge on any atom is -0.480 e. The number of pyridine rings is 1. The van der Waals surface area contributed by atoms with Gasteiger partial charge in [-0.05, 0) is 87.3 Å². The Balaban J connectivity index is 1.12. The number of carbonyl (C=O) groups is 8. The molecule has 1 heterocycles. The Morgan fingerprint density at radius 3 is 1.27 bits per heavy atom. The molecular formula is C55H71N15O11. The van der Waals surface area contributed by atoms with Crippen molar-refractivity contribution in [1.29, 1.82) is 0 Å². The van der Waals surface area contributed by atoms with Gasteiger partial charge in [0, 0.05) is 74.0 Å². The highest BCUT2D eigenvalue weighted by Crippen LogP contribution is 2.22. The summed E-state index contributed by atoms with van der Waals surface area (Å²) in [5, 5.41) is 36.3. The third-order valence-corrected chi connectivity index (χ3v) is 12.6. The molecular weight excluding hydrogens is 1050 g/mol. The van der Waals surface area contributed by atoms with Gasteiger partial charge in [0.2, 0.25) is 35.4 Å². The topological polar surface area (TPSA) is 417 Å². The number of nitrogens with zero attached hydrogens (tertiary/aromatic N) is 4. The van der Waals surface area contributed by atoms with E-state index in [1.807, 2.05) is 0 Å². The van der Waals surface area contributed by atoms with Crippen molar-refractivity contribution in [2.45, 2.75) is 75.5 Å². The van der Waals surface area contributed by atoms with Crippen molar-refractivity contribution in [3.05, 3.63) is 118 Å². The number of carbonyl (C=O) groups excluding carboxylic acids is 6. The molecule has 17 N–H and O–H groups in total. The van der Waals surface area contributed by atoms with Crippen LogP contribution in [0.1, 0.15) is 49.7 Å². The minimum absolute atomic E-state index is 0.0360. The van der Waals surface area contributed by atoms with Crippen LogP contribution in [0.4, 0.5) is 11.4 Å². The molecule has 6 amide bonds. The summed E-state index contributed by atoms with van der Waals surface area (Å²) in [6, 6.07) is 22.6. The summed E-state index contributed by atoms with van der Waals surface area (Å²) >= 11 is 0. The number of anilines is 2. The van der Waals surface area contributed by atoms with E-state index in [0.29, 0.717) is 33.2 Å². The lowest BCUT2D eigenvalue weighted by Crippen LogP contribution is -2.53. The number of aliphatic carboxylic acids is 2. The molecule has 26 nitrogen and oxygen atoms in total. The third-order valence-electron chi connectivity index (χ3n) is 12.6. The molecule has 0 aliphatic carbocycles. The van der Waals surface area contributed by atoms with Gasteiger partial charge in [0.05, 0.1) is 24.1 Å². The lowest BCUT2D eigenvalue weighted by atomic mass is 10.0. The van der Waals surface area contributed by atoms with E-state index in [-0.39, 0.29) is 108 Å². The van der Waals surface area contributed by atoms with Crippen molar-refractivity contribution in [3.8, 4) is 0 Å². The van der Waals surface area contributed by atoms with E-state index in [9.17, 15) is 53.4 Å². The summed E-state index contributed by atoms with van der Waals surface area (Å²) in [7, 11) is 3.25. The zero-order valence-electron chi connectivity index (χ0n) is 45.1. The normalized spacial score (nSPS) is 12.5. The van der Waals surface area contributed by atoms with E-state index in [0.717, 1.165) is 11.1 Å². The number of aromatic nitrogens is 1. The first-order chi connectivity index (χ1) is 38.6. The number of benzene rings is 4. The Kier molecular flexibility index (Phi) is 24.1. The number of rotatable bonds is 32. The van der Waals surface area contributed by atoms with Crippen LogP contribution in [0.25, 0.3) is 21.8 Å². The standard InChI is InChI=1S/C55H71N15O11/c1-69(31-47(73)65-43(27-33-11-5-3-6-12-33)50(76)67-39(52(78)79)15-9-23-60-54(56)57)25-21-45(71)62-35-17-19-37-41(29-35)64-42-30-36(18-20-38(42)49(37)75)63-46(72)22-26-70(2)32-48(74)66-44(28-34-13-7-4-8-14-34)51(77)68-40(53(80)81)16-10-24-61-55(58)59/h3-8,11-14,17-20,29-30,39-40,43-44H,9-10,15-16,21-28,31-32H2,1-2H3,(H,62,71)(H,63,72)(H,64,75)(H,65,73)(H,66,74)(H,67,76)(H,68,77)(H,78,79)(H,80,81)(H4,56,57,60)(H4,58,59,61)/t39-,40-,43-,44-/m0/s1. The molecule has 5 aromatic rings. The number of guanidine groups is 2. The summed E-state index contributed by atoms with van der Waals surface area (Å²) in [6.07, 6.45) is 0.728. The monoisotopic (exact) mass is 1120 g/mol. The average Bonchev–Trinajstić information content (AvgIpc) is 3.55. The fourth-order valence-electron chi connectivity index (χ4n) is 8.48. The molecule has 0 radical (unpaired) electrons. The first-order valence-electron chi connectivity index (χ1n) is 26.0.